The number of hydrogen-bond donors (Lipinski definition) is 2. The van der Waals surface area contributed by atoms with Crippen molar-refractivity contribution in [2.75, 3.05) is 5.73 Å². The van der Waals surface area contributed by atoms with Crippen LogP contribution in [-0.4, -0.2) is 19.7 Å². The molecule has 0 spiro atoms. The van der Waals surface area contributed by atoms with Gasteiger partial charge in [0.15, 0.2) is 5.82 Å². The van der Waals surface area contributed by atoms with Crippen LogP contribution in [0.5, 0.6) is 0 Å². The molecule has 2 aromatic heterocycles. The van der Waals surface area contributed by atoms with Crippen LogP contribution in [0.2, 0.25) is 0 Å². The van der Waals surface area contributed by atoms with Crippen LogP contribution >= 0.6 is 0 Å². The number of H-pyrrole nitrogens is 1. The summed E-state index contributed by atoms with van der Waals surface area (Å²) < 4.78 is 6.14. The second kappa shape index (κ2) is 4.24. The fourth-order valence-electron chi connectivity index (χ4n) is 1.42. The number of aromatic amines is 1. The molecule has 2 rings (SSSR count). The third-order valence-corrected chi connectivity index (χ3v) is 2.18. The summed E-state index contributed by atoms with van der Waals surface area (Å²) in [5, 5.41) is 3.63. The minimum absolute atomic E-state index is 0.106. The zero-order valence-corrected chi connectivity index (χ0v) is 9.14. The van der Waals surface area contributed by atoms with E-state index in [9.17, 15) is 9.59 Å². The lowest BCUT2D eigenvalue weighted by molar-refractivity contribution is 0.367. The van der Waals surface area contributed by atoms with Gasteiger partial charge in [-0.1, -0.05) is 5.16 Å². The molecule has 0 aliphatic carbocycles. The second-order valence-corrected chi connectivity index (χ2v) is 3.50. The second-order valence-electron chi connectivity index (χ2n) is 3.50. The number of nitrogen functional groups attached to an aromatic ring is 1. The Bertz CT molecular complexity index is 639. The standard InChI is InChI=1S/C9H11N5O3/c1-5-11-8(17-13-5)2-3-14-6(10)4-7(15)12-9(14)16/h4H,2-3,10H2,1H3,(H,12,15,16). The molecule has 17 heavy (non-hydrogen) atoms. The lowest BCUT2D eigenvalue weighted by Gasteiger charge is -2.05. The molecule has 0 saturated heterocycles. The number of nitrogens with one attached hydrogen (secondary N) is 1. The molecule has 0 aliphatic rings. The Morgan fingerprint density at radius 2 is 2.29 bits per heavy atom. The van der Waals surface area contributed by atoms with Gasteiger partial charge in [-0.25, -0.2) is 4.79 Å². The first-order valence-corrected chi connectivity index (χ1v) is 4.95. The fraction of sp³-hybridized carbons (Fsp3) is 0.333. The maximum absolute atomic E-state index is 11.4. The zero-order chi connectivity index (χ0) is 12.4. The Balaban J connectivity index is 2.20. The highest BCUT2D eigenvalue weighted by Crippen LogP contribution is 2.00. The van der Waals surface area contributed by atoms with Gasteiger partial charge in [0.05, 0.1) is 0 Å². The van der Waals surface area contributed by atoms with Crippen molar-refractivity contribution >= 4 is 5.82 Å². The van der Waals surface area contributed by atoms with Crippen LogP contribution < -0.4 is 17.0 Å². The maximum Gasteiger partial charge on any atom is 0.329 e. The summed E-state index contributed by atoms with van der Waals surface area (Å²) in [4.78, 5) is 28.5. The van der Waals surface area contributed by atoms with E-state index in [4.69, 9.17) is 10.3 Å². The van der Waals surface area contributed by atoms with Gasteiger partial charge >= 0.3 is 5.69 Å². The van der Waals surface area contributed by atoms with Crippen molar-refractivity contribution in [1.29, 1.82) is 0 Å². The highest BCUT2D eigenvalue weighted by atomic mass is 16.5. The molecule has 0 fully saturated rings. The molecule has 90 valence electrons. The Kier molecular flexibility index (Phi) is 2.77. The first-order valence-electron chi connectivity index (χ1n) is 4.95. The molecule has 3 N–H and O–H groups in total. The molecule has 0 saturated carbocycles. The van der Waals surface area contributed by atoms with E-state index in [-0.39, 0.29) is 12.4 Å². The summed E-state index contributed by atoms with van der Waals surface area (Å²) in [6, 6.07) is 1.15. The summed E-state index contributed by atoms with van der Waals surface area (Å²) in [5.41, 5.74) is 4.50. The van der Waals surface area contributed by atoms with Crippen molar-refractivity contribution in [3.05, 3.63) is 38.6 Å². The van der Waals surface area contributed by atoms with Crippen LogP contribution in [0.1, 0.15) is 11.7 Å². The van der Waals surface area contributed by atoms with Gasteiger partial charge in [-0.3, -0.25) is 14.3 Å². The van der Waals surface area contributed by atoms with Crippen molar-refractivity contribution in [3.63, 3.8) is 0 Å². The number of aromatic nitrogens is 4. The van der Waals surface area contributed by atoms with Gasteiger partial charge in [0, 0.05) is 19.0 Å². The topological polar surface area (TPSA) is 120 Å². The van der Waals surface area contributed by atoms with Crippen molar-refractivity contribution in [2.24, 2.45) is 0 Å². The molecule has 2 aromatic rings. The first-order chi connectivity index (χ1) is 8.06. The van der Waals surface area contributed by atoms with E-state index in [0.717, 1.165) is 6.07 Å². The summed E-state index contributed by atoms with van der Waals surface area (Å²) in [5.74, 6) is 1.05. The number of anilines is 1. The first kappa shape index (κ1) is 11.1. The fourth-order valence-corrected chi connectivity index (χ4v) is 1.42. The van der Waals surface area contributed by atoms with Gasteiger partial charge in [0.25, 0.3) is 5.56 Å². The van der Waals surface area contributed by atoms with E-state index in [1.807, 2.05) is 0 Å². The van der Waals surface area contributed by atoms with E-state index in [0.29, 0.717) is 18.1 Å². The van der Waals surface area contributed by atoms with Gasteiger partial charge in [0.2, 0.25) is 5.89 Å². The van der Waals surface area contributed by atoms with E-state index >= 15 is 0 Å². The molecule has 8 nitrogen and oxygen atoms in total. The number of hydrogen-bond acceptors (Lipinski definition) is 6. The van der Waals surface area contributed by atoms with Crippen molar-refractivity contribution in [1.82, 2.24) is 19.7 Å². The molecular formula is C9H11N5O3. The van der Waals surface area contributed by atoms with E-state index < -0.39 is 11.2 Å². The molecule has 0 bridgehead atoms. The third kappa shape index (κ3) is 2.41. The molecule has 0 unspecified atom stereocenters. The number of aryl methyl sites for hydroxylation is 2. The highest BCUT2D eigenvalue weighted by Gasteiger charge is 2.06. The normalized spacial score (nSPS) is 10.6. The van der Waals surface area contributed by atoms with Crippen LogP contribution in [0.4, 0.5) is 5.82 Å². The van der Waals surface area contributed by atoms with Gasteiger partial charge in [-0.2, -0.15) is 4.98 Å². The van der Waals surface area contributed by atoms with E-state index in [1.165, 1.54) is 4.57 Å². The summed E-state index contributed by atoms with van der Waals surface area (Å²) >= 11 is 0. The predicted molar refractivity (Wildman–Crippen MR) is 58.5 cm³/mol. The summed E-state index contributed by atoms with van der Waals surface area (Å²) in [7, 11) is 0. The molecule has 0 amide bonds. The Morgan fingerprint density at radius 3 is 2.88 bits per heavy atom. The lowest BCUT2D eigenvalue weighted by atomic mass is 10.4. The third-order valence-electron chi connectivity index (χ3n) is 2.18. The number of nitrogens with zero attached hydrogens (tertiary/aromatic N) is 3. The predicted octanol–water partition coefficient (Wildman–Crippen LogP) is -0.947. The minimum atomic E-state index is -0.550. The van der Waals surface area contributed by atoms with Crippen molar-refractivity contribution in [3.8, 4) is 0 Å². The van der Waals surface area contributed by atoms with Crippen molar-refractivity contribution < 1.29 is 4.52 Å². The van der Waals surface area contributed by atoms with Gasteiger partial charge in [-0.05, 0) is 6.92 Å². The monoisotopic (exact) mass is 237 g/mol. The molecule has 8 heteroatoms. The Hall–Kier alpha value is -2.38. The van der Waals surface area contributed by atoms with Gasteiger partial charge in [0.1, 0.15) is 5.82 Å². The quantitative estimate of drug-likeness (QED) is 0.710. The highest BCUT2D eigenvalue weighted by molar-refractivity contribution is 5.26. The molecule has 0 radical (unpaired) electrons. The smallest absolute Gasteiger partial charge is 0.329 e. The van der Waals surface area contributed by atoms with Gasteiger partial charge < -0.3 is 10.3 Å². The summed E-state index contributed by atoms with van der Waals surface area (Å²) in [6.07, 6.45) is 0.372. The average Bonchev–Trinajstić information content (AvgIpc) is 2.62. The Labute approximate surface area is 95.1 Å². The molecule has 0 aliphatic heterocycles. The van der Waals surface area contributed by atoms with Crippen LogP contribution in [0, 0.1) is 6.92 Å². The minimum Gasteiger partial charge on any atom is -0.385 e. The average molecular weight is 237 g/mol. The van der Waals surface area contributed by atoms with Crippen LogP contribution in [0.3, 0.4) is 0 Å². The largest absolute Gasteiger partial charge is 0.385 e. The van der Waals surface area contributed by atoms with E-state index in [2.05, 4.69) is 15.1 Å². The zero-order valence-electron chi connectivity index (χ0n) is 9.14. The van der Waals surface area contributed by atoms with Gasteiger partial charge in [-0.15, -0.1) is 0 Å². The lowest BCUT2D eigenvalue weighted by Crippen LogP contribution is -2.31. The molecular weight excluding hydrogens is 226 g/mol. The SMILES string of the molecule is Cc1noc(CCn2c(N)cc(=O)[nH]c2=O)n1. The molecule has 0 atom stereocenters. The number of rotatable bonds is 3. The van der Waals surface area contributed by atoms with Crippen molar-refractivity contribution in [2.45, 2.75) is 19.9 Å². The summed E-state index contributed by atoms with van der Waals surface area (Å²) in [6.45, 7) is 1.97. The van der Waals surface area contributed by atoms with Crippen LogP contribution in [-0.2, 0) is 13.0 Å². The Morgan fingerprint density at radius 1 is 1.53 bits per heavy atom. The maximum atomic E-state index is 11.4. The molecule has 0 aromatic carbocycles. The van der Waals surface area contributed by atoms with Crippen LogP contribution in [0.25, 0.3) is 0 Å². The van der Waals surface area contributed by atoms with E-state index in [1.54, 1.807) is 6.92 Å². The van der Waals surface area contributed by atoms with Crippen LogP contribution in [0.15, 0.2) is 20.2 Å². The number of nitrogens with two attached hydrogens (primary N) is 1. The molecule has 2 heterocycles.